The van der Waals surface area contributed by atoms with Crippen molar-refractivity contribution in [3.05, 3.63) is 29.8 Å². The van der Waals surface area contributed by atoms with Crippen LogP contribution in [0.1, 0.15) is 56.9 Å². The number of esters is 1. The summed E-state index contributed by atoms with van der Waals surface area (Å²) in [5, 5.41) is 0. The van der Waals surface area contributed by atoms with Crippen molar-refractivity contribution in [2.24, 2.45) is 5.92 Å². The molecule has 0 spiro atoms. The number of carbonyl (C=O) groups is 2. The predicted octanol–water partition coefficient (Wildman–Crippen LogP) is 3.52. The number of benzene rings is 1. The van der Waals surface area contributed by atoms with Crippen LogP contribution in [0.15, 0.2) is 24.3 Å². The molecule has 1 saturated carbocycles. The Balaban J connectivity index is 1.49. The summed E-state index contributed by atoms with van der Waals surface area (Å²) in [6, 6.07) is 8.37. The minimum absolute atomic E-state index is 0.141. The third-order valence-corrected chi connectivity index (χ3v) is 5.43. The lowest BCUT2D eigenvalue weighted by Gasteiger charge is -2.19. The highest BCUT2D eigenvalue weighted by Gasteiger charge is 2.28. The highest BCUT2D eigenvalue weighted by atomic mass is 16.5. The Labute approximate surface area is 155 Å². The SMILES string of the molecule is CCOC(=O)CC(=O)N1CC[C@@H](COc2ccccc2C2CCCC2)C1. The van der Waals surface area contributed by atoms with Gasteiger partial charge in [0.2, 0.25) is 5.91 Å². The van der Waals surface area contributed by atoms with Gasteiger partial charge in [0.1, 0.15) is 12.2 Å². The molecule has 1 aliphatic heterocycles. The number of nitrogens with zero attached hydrogens (tertiary/aromatic N) is 1. The maximum absolute atomic E-state index is 12.2. The standard InChI is InChI=1S/C21H29NO4/c1-2-25-21(24)13-20(23)22-12-11-16(14-22)15-26-19-10-6-5-9-18(19)17-7-3-4-8-17/h5-6,9-10,16-17H,2-4,7-8,11-15H2,1H3/t16-/m1/s1. The van der Waals surface area contributed by atoms with Gasteiger partial charge in [-0.15, -0.1) is 0 Å². The van der Waals surface area contributed by atoms with Crippen molar-refractivity contribution in [2.45, 2.75) is 51.4 Å². The van der Waals surface area contributed by atoms with E-state index >= 15 is 0 Å². The molecule has 1 heterocycles. The van der Waals surface area contributed by atoms with Gasteiger partial charge in [0.05, 0.1) is 13.2 Å². The van der Waals surface area contributed by atoms with E-state index in [0.29, 0.717) is 38.1 Å². The van der Waals surface area contributed by atoms with Crippen LogP contribution in [-0.4, -0.2) is 43.1 Å². The Morgan fingerprint density at radius 1 is 1.15 bits per heavy atom. The minimum Gasteiger partial charge on any atom is -0.493 e. The van der Waals surface area contributed by atoms with Crippen molar-refractivity contribution in [2.75, 3.05) is 26.3 Å². The number of rotatable bonds is 7. The van der Waals surface area contributed by atoms with Crippen LogP contribution in [0.2, 0.25) is 0 Å². The first-order valence-corrected chi connectivity index (χ1v) is 9.82. The molecule has 1 amide bonds. The molecule has 5 heteroatoms. The Morgan fingerprint density at radius 2 is 1.92 bits per heavy atom. The third kappa shape index (κ3) is 4.77. The van der Waals surface area contributed by atoms with E-state index in [1.807, 2.05) is 6.07 Å². The van der Waals surface area contributed by atoms with Crippen LogP contribution in [-0.2, 0) is 14.3 Å². The quantitative estimate of drug-likeness (QED) is 0.552. The molecule has 2 aliphatic rings. The zero-order valence-corrected chi connectivity index (χ0v) is 15.6. The molecule has 26 heavy (non-hydrogen) atoms. The molecule has 0 unspecified atom stereocenters. The van der Waals surface area contributed by atoms with Gasteiger partial charge >= 0.3 is 5.97 Å². The van der Waals surface area contributed by atoms with Crippen molar-refractivity contribution < 1.29 is 19.1 Å². The second-order valence-electron chi connectivity index (χ2n) is 7.31. The summed E-state index contributed by atoms with van der Waals surface area (Å²) >= 11 is 0. The van der Waals surface area contributed by atoms with Gasteiger partial charge in [-0.25, -0.2) is 0 Å². The van der Waals surface area contributed by atoms with Gasteiger partial charge in [0, 0.05) is 19.0 Å². The number of likely N-dealkylation sites (tertiary alicyclic amines) is 1. The lowest BCUT2D eigenvalue weighted by molar-refractivity contribution is -0.148. The minimum atomic E-state index is -0.442. The van der Waals surface area contributed by atoms with Crippen molar-refractivity contribution in [1.29, 1.82) is 0 Å². The van der Waals surface area contributed by atoms with E-state index in [9.17, 15) is 9.59 Å². The average Bonchev–Trinajstić information content (AvgIpc) is 3.32. The largest absolute Gasteiger partial charge is 0.493 e. The molecule has 1 aromatic carbocycles. The molecular weight excluding hydrogens is 330 g/mol. The maximum Gasteiger partial charge on any atom is 0.315 e. The van der Waals surface area contributed by atoms with E-state index in [2.05, 4.69) is 18.2 Å². The zero-order chi connectivity index (χ0) is 18.4. The number of hydrogen-bond acceptors (Lipinski definition) is 4. The number of amides is 1. The van der Waals surface area contributed by atoms with E-state index in [4.69, 9.17) is 9.47 Å². The van der Waals surface area contributed by atoms with Crippen molar-refractivity contribution in [1.82, 2.24) is 4.90 Å². The van der Waals surface area contributed by atoms with Crippen LogP contribution in [0.5, 0.6) is 5.75 Å². The molecule has 1 saturated heterocycles. The molecular formula is C21H29NO4. The van der Waals surface area contributed by atoms with Gasteiger partial charge in [-0.05, 0) is 43.7 Å². The van der Waals surface area contributed by atoms with Gasteiger partial charge < -0.3 is 14.4 Å². The van der Waals surface area contributed by atoms with Crippen molar-refractivity contribution >= 4 is 11.9 Å². The fourth-order valence-electron chi connectivity index (χ4n) is 4.04. The summed E-state index contributed by atoms with van der Waals surface area (Å²) in [4.78, 5) is 25.4. The van der Waals surface area contributed by atoms with Gasteiger partial charge in [-0.2, -0.15) is 0 Å². The van der Waals surface area contributed by atoms with Crippen LogP contribution >= 0.6 is 0 Å². The first-order valence-electron chi connectivity index (χ1n) is 9.82. The van der Waals surface area contributed by atoms with Crippen LogP contribution in [0.25, 0.3) is 0 Å². The monoisotopic (exact) mass is 359 g/mol. The second kappa shape index (κ2) is 9.06. The van der Waals surface area contributed by atoms with Gasteiger partial charge in [0.25, 0.3) is 0 Å². The maximum atomic E-state index is 12.2. The summed E-state index contributed by atoms with van der Waals surface area (Å²) in [7, 11) is 0. The normalized spacial score (nSPS) is 20.3. The summed E-state index contributed by atoms with van der Waals surface area (Å²) in [5.74, 6) is 1.35. The van der Waals surface area contributed by atoms with Crippen molar-refractivity contribution in [3.63, 3.8) is 0 Å². The Hall–Kier alpha value is -2.04. The molecule has 1 aromatic rings. The van der Waals surface area contributed by atoms with E-state index in [1.165, 1.54) is 31.2 Å². The summed E-state index contributed by atoms with van der Waals surface area (Å²) < 4.78 is 11.0. The molecule has 0 radical (unpaired) electrons. The molecule has 0 N–H and O–H groups in total. The number of ether oxygens (including phenoxy) is 2. The van der Waals surface area contributed by atoms with E-state index in [1.54, 1.807) is 11.8 Å². The highest BCUT2D eigenvalue weighted by molar-refractivity contribution is 5.94. The van der Waals surface area contributed by atoms with E-state index < -0.39 is 5.97 Å². The molecule has 3 rings (SSSR count). The first kappa shape index (κ1) is 18.7. The smallest absolute Gasteiger partial charge is 0.315 e. The van der Waals surface area contributed by atoms with E-state index in [-0.39, 0.29) is 12.3 Å². The first-order chi connectivity index (χ1) is 12.7. The van der Waals surface area contributed by atoms with Crippen LogP contribution in [0.4, 0.5) is 0 Å². The fourth-order valence-corrected chi connectivity index (χ4v) is 4.04. The summed E-state index contributed by atoms with van der Waals surface area (Å²) in [5.41, 5.74) is 1.33. The van der Waals surface area contributed by atoms with Gasteiger partial charge in [-0.1, -0.05) is 31.0 Å². The lowest BCUT2D eigenvalue weighted by atomic mass is 9.97. The van der Waals surface area contributed by atoms with Gasteiger partial charge in [0.15, 0.2) is 0 Å². The Kier molecular flexibility index (Phi) is 6.53. The zero-order valence-electron chi connectivity index (χ0n) is 15.6. The Morgan fingerprint density at radius 3 is 2.69 bits per heavy atom. The lowest BCUT2D eigenvalue weighted by Crippen LogP contribution is -2.31. The summed E-state index contributed by atoms with van der Waals surface area (Å²) in [6.07, 6.45) is 5.87. The fraction of sp³-hybridized carbons (Fsp3) is 0.619. The van der Waals surface area contributed by atoms with Crippen molar-refractivity contribution in [3.8, 4) is 5.75 Å². The molecule has 0 bridgehead atoms. The predicted molar refractivity (Wildman–Crippen MR) is 99.1 cm³/mol. The molecule has 2 fully saturated rings. The average molecular weight is 359 g/mol. The molecule has 5 nitrogen and oxygen atoms in total. The molecule has 1 aliphatic carbocycles. The number of hydrogen-bond donors (Lipinski definition) is 0. The van der Waals surface area contributed by atoms with Crippen LogP contribution < -0.4 is 4.74 Å². The van der Waals surface area contributed by atoms with Crippen LogP contribution in [0.3, 0.4) is 0 Å². The second-order valence-corrected chi connectivity index (χ2v) is 7.31. The molecule has 0 aromatic heterocycles. The molecule has 142 valence electrons. The third-order valence-electron chi connectivity index (χ3n) is 5.43. The summed E-state index contributed by atoms with van der Waals surface area (Å²) in [6.45, 7) is 4.02. The van der Waals surface area contributed by atoms with E-state index in [0.717, 1.165) is 12.2 Å². The number of carbonyl (C=O) groups excluding carboxylic acids is 2. The Bertz CT molecular complexity index is 624. The molecule has 1 atom stereocenters. The van der Waals surface area contributed by atoms with Gasteiger partial charge in [-0.3, -0.25) is 9.59 Å². The number of para-hydroxylation sites is 1. The topological polar surface area (TPSA) is 55.8 Å². The highest BCUT2D eigenvalue weighted by Crippen LogP contribution is 2.38. The van der Waals surface area contributed by atoms with Crippen LogP contribution in [0, 0.1) is 5.92 Å².